The molecule has 19 heavy (non-hydrogen) atoms. The monoisotopic (exact) mass is 265 g/mol. The third kappa shape index (κ3) is 3.97. The maximum Gasteiger partial charge on any atom is 0.0185 e. The minimum Gasteiger partial charge on any atom is -0.325 e. The van der Waals surface area contributed by atoms with Gasteiger partial charge in [-0.2, -0.15) is 0 Å². The Bertz CT molecular complexity index is 275. The Balaban J connectivity index is 2.00. The van der Waals surface area contributed by atoms with Crippen molar-refractivity contribution in [2.45, 2.75) is 84.6 Å². The van der Waals surface area contributed by atoms with Crippen LogP contribution in [0, 0.1) is 29.6 Å². The molecule has 0 aliphatic heterocycles. The average molecular weight is 265 g/mol. The van der Waals surface area contributed by atoms with E-state index in [-0.39, 0.29) is 5.54 Å². The first-order valence-corrected chi connectivity index (χ1v) is 8.68. The van der Waals surface area contributed by atoms with Crippen molar-refractivity contribution >= 4 is 0 Å². The second-order valence-corrected chi connectivity index (χ2v) is 8.44. The fourth-order valence-corrected chi connectivity index (χ4v) is 5.12. The van der Waals surface area contributed by atoms with E-state index in [4.69, 9.17) is 5.73 Å². The number of hydrogen-bond donors (Lipinski definition) is 1. The zero-order valence-corrected chi connectivity index (χ0v) is 13.6. The Hall–Kier alpha value is -0.0400. The van der Waals surface area contributed by atoms with Crippen LogP contribution in [-0.2, 0) is 0 Å². The molecule has 0 radical (unpaired) electrons. The standard InChI is InChI=1S/C18H35N/c1-13(2)8-16-6-5-7-18(19,12-16)17-10-14(3)9-15(4)11-17/h13-17H,5-12,19H2,1-4H3. The zero-order chi connectivity index (χ0) is 14.0. The smallest absolute Gasteiger partial charge is 0.0185 e. The fraction of sp³-hybridized carbons (Fsp3) is 1.00. The highest BCUT2D eigenvalue weighted by atomic mass is 14.8. The number of hydrogen-bond acceptors (Lipinski definition) is 1. The van der Waals surface area contributed by atoms with Crippen LogP contribution in [-0.4, -0.2) is 5.54 Å². The van der Waals surface area contributed by atoms with Gasteiger partial charge in [0.15, 0.2) is 0 Å². The van der Waals surface area contributed by atoms with Gasteiger partial charge in [0.05, 0.1) is 0 Å². The van der Waals surface area contributed by atoms with Gasteiger partial charge in [-0.15, -0.1) is 0 Å². The van der Waals surface area contributed by atoms with Gasteiger partial charge in [0, 0.05) is 5.54 Å². The van der Waals surface area contributed by atoms with E-state index in [9.17, 15) is 0 Å². The molecule has 0 aromatic rings. The lowest BCUT2D eigenvalue weighted by molar-refractivity contribution is 0.0789. The molecule has 2 saturated carbocycles. The third-order valence-corrected chi connectivity index (χ3v) is 5.72. The fourth-order valence-electron chi connectivity index (χ4n) is 5.12. The van der Waals surface area contributed by atoms with Crippen LogP contribution < -0.4 is 5.73 Å². The van der Waals surface area contributed by atoms with E-state index in [0.29, 0.717) is 0 Å². The minimum absolute atomic E-state index is 0.167. The van der Waals surface area contributed by atoms with Crippen LogP contribution in [0.3, 0.4) is 0 Å². The maximum absolute atomic E-state index is 6.92. The van der Waals surface area contributed by atoms with E-state index in [1.807, 2.05) is 0 Å². The van der Waals surface area contributed by atoms with E-state index < -0.39 is 0 Å². The molecule has 0 amide bonds. The third-order valence-electron chi connectivity index (χ3n) is 5.72. The highest BCUT2D eigenvalue weighted by Gasteiger charge is 2.42. The topological polar surface area (TPSA) is 26.0 Å². The van der Waals surface area contributed by atoms with Crippen LogP contribution in [0.5, 0.6) is 0 Å². The van der Waals surface area contributed by atoms with E-state index in [1.54, 1.807) is 0 Å². The Morgan fingerprint density at radius 1 is 1.11 bits per heavy atom. The molecule has 112 valence electrons. The van der Waals surface area contributed by atoms with Gasteiger partial charge in [-0.1, -0.05) is 40.5 Å². The van der Waals surface area contributed by atoms with Crippen molar-refractivity contribution in [3.8, 4) is 0 Å². The van der Waals surface area contributed by atoms with Crippen LogP contribution in [0.2, 0.25) is 0 Å². The van der Waals surface area contributed by atoms with Crippen molar-refractivity contribution in [2.75, 3.05) is 0 Å². The lowest BCUT2D eigenvalue weighted by Crippen LogP contribution is -2.52. The summed E-state index contributed by atoms with van der Waals surface area (Å²) in [7, 11) is 0. The zero-order valence-electron chi connectivity index (χ0n) is 13.6. The summed E-state index contributed by atoms with van der Waals surface area (Å²) in [6, 6.07) is 0. The largest absolute Gasteiger partial charge is 0.325 e. The Kier molecular flexibility index (Phi) is 4.98. The van der Waals surface area contributed by atoms with Crippen molar-refractivity contribution < 1.29 is 0 Å². The van der Waals surface area contributed by atoms with E-state index >= 15 is 0 Å². The summed E-state index contributed by atoms with van der Waals surface area (Å²) in [4.78, 5) is 0. The number of rotatable bonds is 3. The predicted octanol–water partition coefficient (Wildman–Crippen LogP) is 4.99. The highest BCUT2D eigenvalue weighted by molar-refractivity contribution is 4.98. The average Bonchev–Trinajstić information content (AvgIpc) is 2.26. The van der Waals surface area contributed by atoms with E-state index in [2.05, 4.69) is 27.7 Å². The van der Waals surface area contributed by atoms with Gasteiger partial charge in [-0.3, -0.25) is 0 Å². The van der Waals surface area contributed by atoms with Crippen molar-refractivity contribution in [3.63, 3.8) is 0 Å². The molecular weight excluding hydrogens is 230 g/mol. The molecule has 2 aliphatic carbocycles. The van der Waals surface area contributed by atoms with Gasteiger partial charge in [-0.05, 0) is 68.1 Å². The van der Waals surface area contributed by atoms with Gasteiger partial charge in [-0.25, -0.2) is 0 Å². The molecule has 1 nitrogen and oxygen atoms in total. The molecule has 0 saturated heterocycles. The Morgan fingerprint density at radius 3 is 2.32 bits per heavy atom. The summed E-state index contributed by atoms with van der Waals surface area (Å²) in [6.07, 6.45) is 11.0. The normalized spacial score (nSPS) is 44.5. The lowest BCUT2D eigenvalue weighted by atomic mass is 9.61. The molecular formula is C18H35N. The molecule has 2 N–H and O–H groups in total. The summed E-state index contributed by atoms with van der Waals surface area (Å²) in [6.45, 7) is 9.58. The lowest BCUT2D eigenvalue weighted by Gasteiger charge is -2.48. The maximum atomic E-state index is 6.92. The van der Waals surface area contributed by atoms with Crippen molar-refractivity contribution in [1.29, 1.82) is 0 Å². The van der Waals surface area contributed by atoms with Gasteiger partial charge < -0.3 is 5.73 Å². The van der Waals surface area contributed by atoms with Crippen LogP contribution in [0.25, 0.3) is 0 Å². The predicted molar refractivity (Wildman–Crippen MR) is 84.0 cm³/mol. The van der Waals surface area contributed by atoms with Gasteiger partial charge in [0.1, 0.15) is 0 Å². The Labute approximate surface area is 120 Å². The summed E-state index contributed by atoms with van der Waals surface area (Å²) in [5, 5.41) is 0. The second-order valence-electron chi connectivity index (χ2n) is 8.44. The molecule has 0 heterocycles. The molecule has 1 heteroatoms. The van der Waals surface area contributed by atoms with Crippen LogP contribution in [0.15, 0.2) is 0 Å². The Morgan fingerprint density at radius 2 is 1.74 bits per heavy atom. The first kappa shape index (κ1) is 15.4. The van der Waals surface area contributed by atoms with E-state index in [1.165, 1.54) is 51.4 Å². The van der Waals surface area contributed by atoms with Crippen LogP contribution in [0.1, 0.15) is 79.1 Å². The molecule has 4 atom stereocenters. The molecule has 0 aromatic carbocycles. The molecule has 2 aliphatic rings. The number of nitrogens with two attached hydrogens (primary N) is 1. The van der Waals surface area contributed by atoms with Gasteiger partial charge in [0.2, 0.25) is 0 Å². The highest BCUT2D eigenvalue weighted by Crippen LogP contribution is 2.45. The quantitative estimate of drug-likeness (QED) is 0.764. The first-order chi connectivity index (χ1) is 8.89. The molecule has 0 aromatic heterocycles. The van der Waals surface area contributed by atoms with Gasteiger partial charge in [0.25, 0.3) is 0 Å². The van der Waals surface area contributed by atoms with Crippen LogP contribution >= 0.6 is 0 Å². The van der Waals surface area contributed by atoms with Gasteiger partial charge >= 0.3 is 0 Å². The molecule has 2 fully saturated rings. The summed E-state index contributed by atoms with van der Waals surface area (Å²) in [5.74, 6) is 4.29. The summed E-state index contributed by atoms with van der Waals surface area (Å²) >= 11 is 0. The minimum atomic E-state index is 0.167. The molecule has 0 bridgehead atoms. The molecule has 0 spiro atoms. The summed E-state index contributed by atoms with van der Waals surface area (Å²) in [5.41, 5.74) is 7.09. The van der Waals surface area contributed by atoms with Crippen molar-refractivity contribution in [1.82, 2.24) is 0 Å². The first-order valence-electron chi connectivity index (χ1n) is 8.68. The van der Waals surface area contributed by atoms with Crippen LogP contribution in [0.4, 0.5) is 0 Å². The molecule has 4 unspecified atom stereocenters. The van der Waals surface area contributed by atoms with Crippen molar-refractivity contribution in [2.24, 2.45) is 35.3 Å². The second kappa shape index (κ2) is 6.16. The summed E-state index contributed by atoms with van der Waals surface area (Å²) < 4.78 is 0. The van der Waals surface area contributed by atoms with Crippen molar-refractivity contribution in [3.05, 3.63) is 0 Å². The molecule has 2 rings (SSSR count). The SMILES string of the molecule is CC(C)CC1CCCC(N)(C2CC(C)CC(C)C2)C1. The van der Waals surface area contributed by atoms with E-state index in [0.717, 1.165) is 29.6 Å².